The second kappa shape index (κ2) is 16.4. The van der Waals surface area contributed by atoms with E-state index in [9.17, 15) is 0 Å². The van der Waals surface area contributed by atoms with Crippen molar-refractivity contribution < 1.29 is 28.4 Å². The molecular formula is C37H23N5O6. The monoisotopic (exact) mass is 633 g/mol. The summed E-state index contributed by atoms with van der Waals surface area (Å²) in [6.07, 6.45) is 8.16. The third-order valence-electron chi connectivity index (χ3n) is 7.00. The number of hydrogen-bond acceptors (Lipinski definition) is 11. The van der Waals surface area contributed by atoms with E-state index in [0.29, 0.717) is 40.2 Å². The molecule has 0 atom stereocenters. The van der Waals surface area contributed by atoms with Gasteiger partial charge in [-0.25, -0.2) is 0 Å². The van der Waals surface area contributed by atoms with Crippen LogP contribution in [0.4, 0.5) is 0 Å². The van der Waals surface area contributed by atoms with Crippen molar-refractivity contribution in [2.24, 2.45) is 0 Å². The maximum absolute atomic E-state index is 8.70. The molecule has 11 nitrogen and oxygen atoms in total. The van der Waals surface area contributed by atoms with Crippen LogP contribution in [0.25, 0.3) is 0 Å². The van der Waals surface area contributed by atoms with Gasteiger partial charge in [0.1, 0.15) is 40.2 Å². The Kier molecular flexibility index (Phi) is 11.4. The number of ether oxygens (including phenoxy) is 6. The summed E-state index contributed by atoms with van der Waals surface area (Å²) in [5.74, 6) is 3.48. The molecule has 0 unspecified atom stereocenters. The lowest BCUT2D eigenvalue weighted by Crippen LogP contribution is -2.25. The minimum absolute atomic E-state index is 0.451. The lowest BCUT2D eigenvalue weighted by molar-refractivity contribution is 0.472. The highest BCUT2D eigenvalue weighted by Crippen LogP contribution is 2.40. The fraction of sp³-hybridized carbons (Fsp3) is 0.0541. The molecule has 0 saturated carbocycles. The standard InChI is InChI=1S/C23H15N3O3.C14H8N2O3/c1-23(17-2-8-20(9-3-17)27-14-24,18-4-10-21(11-5-18)28-15-25)19-6-12-22(13-7-19)29-16-26;15-9-17-11-1-5-13(6-2-11)19-14-7-3-12(4-8-14)18-10-16/h2-13H,1H3;1-8H. The normalized spacial score (nSPS) is 9.67. The first-order valence-corrected chi connectivity index (χ1v) is 13.9. The molecular weight excluding hydrogens is 610 g/mol. The molecule has 0 fully saturated rings. The van der Waals surface area contributed by atoms with Crippen molar-refractivity contribution in [3.8, 4) is 71.5 Å². The predicted octanol–water partition coefficient (Wildman–Crippen LogP) is 7.82. The molecule has 0 bridgehead atoms. The Balaban J connectivity index is 0.000000237. The van der Waals surface area contributed by atoms with E-state index < -0.39 is 5.41 Å². The molecule has 48 heavy (non-hydrogen) atoms. The Morgan fingerprint density at radius 1 is 0.333 bits per heavy atom. The SMILES string of the molecule is CC(c1ccc(OC#N)cc1)(c1ccc(OC#N)cc1)c1ccc(OC#N)cc1.N#COc1ccc(Oc2ccc(OC#N)cc2)cc1. The molecule has 5 rings (SSSR count). The minimum Gasteiger partial charge on any atom is -0.457 e. The highest BCUT2D eigenvalue weighted by molar-refractivity contribution is 5.52. The molecule has 0 aromatic heterocycles. The van der Waals surface area contributed by atoms with Gasteiger partial charge in [0.2, 0.25) is 0 Å². The fourth-order valence-corrected chi connectivity index (χ4v) is 4.62. The summed E-state index contributed by atoms with van der Waals surface area (Å²) in [5, 5.41) is 42.8. The maximum atomic E-state index is 8.70. The van der Waals surface area contributed by atoms with Gasteiger partial charge in [-0.3, -0.25) is 0 Å². The molecule has 0 radical (unpaired) electrons. The van der Waals surface area contributed by atoms with Crippen LogP contribution < -0.4 is 28.4 Å². The zero-order valence-electron chi connectivity index (χ0n) is 25.2. The Labute approximate surface area is 276 Å². The molecule has 0 heterocycles. The van der Waals surface area contributed by atoms with Gasteiger partial charge in [-0.2, -0.15) is 0 Å². The van der Waals surface area contributed by atoms with E-state index in [1.165, 1.54) is 0 Å². The third kappa shape index (κ3) is 8.50. The van der Waals surface area contributed by atoms with E-state index in [-0.39, 0.29) is 0 Å². The fourth-order valence-electron chi connectivity index (χ4n) is 4.62. The summed E-state index contributed by atoms with van der Waals surface area (Å²) < 4.78 is 29.5. The van der Waals surface area contributed by atoms with E-state index in [1.54, 1.807) is 116 Å². The van der Waals surface area contributed by atoms with Crippen molar-refractivity contribution in [3.63, 3.8) is 0 Å². The number of nitriles is 5. The van der Waals surface area contributed by atoms with E-state index in [1.807, 2.05) is 36.4 Å². The maximum Gasteiger partial charge on any atom is 0.292 e. The topological polar surface area (TPSA) is 174 Å². The smallest absolute Gasteiger partial charge is 0.292 e. The van der Waals surface area contributed by atoms with Crippen molar-refractivity contribution in [1.82, 2.24) is 0 Å². The molecule has 5 aromatic rings. The van der Waals surface area contributed by atoms with Crippen LogP contribution >= 0.6 is 0 Å². The summed E-state index contributed by atoms with van der Waals surface area (Å²) in [6.45, 7) is 2.06. The number of hydrogen-bond donors (Lipinski definition) is 0. The first-order chi connectivity index (χ1) is 23.4. The highest BCUT2D eigenvalue weighted by atomic mass is 16.5. The first kappa shape index (κ1) is 33.2. The largest absolute Gasteiger partial charge is 0.457 e. The van der Waals surface area contributed by atoms with Crippen LogP contribution in [0.3, 0.4) is 0 Å². The highest BCUT2D eigenvalue weighted by Gasteiger charge is 2.31. The van der Waals surface area contributed by atoms with E-state index in [4.69, 9.17) is 45.3 Å². The molecule has 0 N–H and O–H groups in total. The first-order valence-electron chi connectivity index (χ1n) is 13.9. The van der Waals surface area contributed by atoms with E-state index in [2.05, 4.69) is 16.4 Å². The molecule has 11 heteroatoms. The van der Waals surface area contributed by atoms with Gasteiger partial charge in [0.25, 0.3) is 31.3 Å². The van der Waals surface area contributed by atoms with Crippen molar-refractivity contribution >= 4 is 0 Å². The number of nitrogens with zero attached hydrogens (tertiary/aromatic N) is 5. The molecule has 0 aliphatic carbocycles. The van der Waals surface area contributed by atoms with Crippen molar-refractivity contribution in [1.29, 1.82) is 26.3 Å². The Morgan fingerprint density at radius 3 is 0.729 bits per heavy atom. The predicted molar refractivity (Wildman–Crippen MR) is 169 cm³/mol. The minimum atomic E-state index is -0.568. The van der Waals surface area contributed by atoms with Crippen LogP contribution in [0.5, 0.6) is 40.2 Å². The Hall–Kier alpha value is -7.65. The lowest BCUT2D eigenvalue weighted by Gasteiger charge is -2.32. The van der Waals surface area contributed by atoms with Crippen molar-refractivity contribution in [3.05, 3.63) is 138 Å². The molecule has 232 valence electrons. The van der Waals surface area contributed by atoms with Crippen molar-refractivity contribution in [2.45, 2.75) is 12.3 Å². The van der Waals surface area contributed by atoms with Crippen molar-refractivity contribution in [2.75, 3.05) is 0 Å². The van der Waals surface area contributed by atoms with Crippen LogP contribution in [0, 0.1) is 57.6 Å². The molecule has 0 aliphatic heterocycles. The van der Waals surface area contributed by atoms with Gasteiger partial charge in [0.15, 0.2) is 0 Å². The summed E-state index contributed by atoms with van der Waals surface area (Å²) in [5.41, 5.74) is 2.32. The number of benzene rings is 5. The average Bonchev–Trinajstić information content (AvgIpc) is 3.12. The van der Waals surface area contributed by atoms with E-state index >= 15 is 0 Å². The second-order valence-corrected chi connectivity index (χ2v) is 9.71. The van der Waals surface area contributed by atoms with Gasteiger partial charge < -0.3 is 28.4 Å². The summed E-state index contributed by atoms with van der Waals surface area (Å²) in [4.78, 5) is 0. The lowest BCUT2D eigenvalue weighted by atomic mass is 9.71. The van der Waals surface area contributed by atoms with Gasteiger partial charge in [-0.15, -0.1) is 26.3 Å². The quantitative estimate of drug-likeness (QED) is 0.108. The zero-order chi connectivity index (χ0) is 34.2. The van der Waals surface area contributed by atoms with E-state index in [0.717, 1.165) is 16.7 Å². The Morgan fingerprint density at radius 2 is 0.521 bits per heavy atom. The zero-order valence-corrected chi connectivity index (χ0v) is 25.2. The van der Waals surface area contributed by atoms with Gasteiger partial charge in [0, 0.05) is 5.41 Å². The van der Waals surface area contributed by atoms with Gasteiger partial charge in [-0.05, 0) is 109 Å². The molecule has 0 saturated heterocycles. The molecule has 0 aliphatic rings. The van der Waals surface area contributed by atoms with Crippen LogP contribution in [-0.2, 0) is 5.41 Å². The van der Waals surface area contributed by atoms with Crippen LogP contribution in [0.2, 0.25) is 0 Å². The van der Waals surface area contributed by atoms with Gasteiger partial charge in [0.05, 0.1) is 0 Å². The summed E-state index contributed by atoms with van der Waals surface area (Å²) in [7, 11) is 0. The van der Waals surface area contributed by atoms with Gasteiger partial charge >= 0.3 is 0 Å². The molecule has 0 spiro atoms. The second-order valence-electron chi connectivity index (χ2n) is 9.71. The van der Waals surface area contributed by atoms with Crippen LogP contribution in [0.1, 0.15) is 23.6 Å². The third-order valence-corrected chi connectivity index (χ3v) is 7.00. The average molecular weight is 634 g/mol. The summed E-state index contributed by atoms with van der Waals surface area (Å²) >= 11 is 0. The summed E-state index contributed by atoms with van der Waals surface area (Å²) in [6, 6.07) is 35.0. The Bertz CT molecular complexity index is 1810. The number of rotatable bonds is 10. The molecule has 0 amide bonds. The van der Waals surface area contributed by atoms with Gasteiger partial charge in [-0.1, -0.05) is 36.4 Å². The van der Waals surface area contributed by atoms with Crippen LogP contribution in [-0.4, -0.2) is 0 Å². The molecule has 5 aromatic carbocycles. The van der Waals surface area contributed by atoms with Crippen LogP contribution in [0.15, 0.2) is 121 Å².